The molecule has 0 aliphatic carbocycles. The lowest BCUT2D eigenvalue weighted by atomic mass is 10.1. The average Bonchev–Trinajstić information content (AvgIpc) is 2.29. The number of carbonyl (C=O) groups excluding carboxylic acids is 2. The number of nitrogens with two attached hydrogens (primary N) is 2. The maximum absolute atomic E-state index is 11.7. The highest BCUT2D eigenvalue weighted by atomic mass is 16.2. The van der Waals surface area contributed by atoms with Crippen LogP contribution in [0.4, 0.5) is 5.69 Å². The molecule has 0 heterocycles. The molecule has 0 saturated carbocycles. The first kappa shape index (κ1) is 14.2. The maximum atomic E-state index is 11.7. The summed E-state index contributed by atoms with van der Waals surface area (Å²) in [5, 5.41) is 2.76. The van der Waals surface area contributed by atoms with Gasteiger partial charge in [0.2, 0.25) is 11.8 Å². The predicted molar refractivity (Wildman–Crippen MR) is 71.2 cm³/mol. The minimum Gasteiger partial charge on any atom is -0.366 e. The Morgan fingerprint density at radius 1 is 1.39 bits per heavy atom. The second-order valence-corrected chi connectivity index (χ2v) is 4.46. The van der Waals surface area contributed by atoms with Crippen LogP contribution in [0.3, 0.4) is 0 Å². The molecule has 0 radical (unpaired) electrons. The summed E-state index contributed by atoms with van der Waals surface area (Å²) in [6.45, 7) is 3.71. The molecule has 1 aromatic rings. The van der Waals surface area contributed by atoms with Crippen LogP contribution in [-0.4, -0.2) is 17.9 Å². The van der Waals surface area contributed by atoms with E-state index in [9.17, 15) is 9.59 Å². The van der Waals surface area contributed by atoms with Gasteiger partial charge in [-0.05, 0) is 38.0 Å². The number of anilines is 1. The van der Waals surface area contributed by atoms with Crippen LogP contribution in [0.5, 0.6) is 0 Å². The maximum Gasteiger partial charge on any atom is 0.248 e. The summed E-state index contributed by atoms with van der Waals surface area (Å²) in [5.41, 5.74) is 12.7. The van der Waals surface area contributed by atoms with Crippen molar-refractivity contribution >= 4 is 17.5 Å². The van der Waals surface area contributed by atoms with Crippen LogP contribution in [0, 0.1) is 6.92 Å². The lowest BCUT2D eigenvalue weighted by molar-refractivity contribution is -0.116. The third-order valence-electron chi connectivity index (χ3n) is 2.62. The number of hydrogen-bond acceptors (Lipinski definition) is 3. The number of carbonyl (C=O) groups is 2. The molecule has 1 atom stereocenters. The van der Waals surface area contributed by atoms with Gasteiger partial charge in [-0.2, -0.15) is 0 Å². The fraction of sp³-hybridized carbons (Fsp3) is 0.385. The Morgan fingerprint density at radius 2 is 2.06 bits per heavy atom. The molecule has 98 valence electrons. The van der Waals surface area contributed by atoms with E-state index in [-0.39, 0.29) is 11.9 Å². The van der Waals surface area contributed by atoms with Crippen LogP contribution in [0.15, 0.2) is 18.2 Å². The largest absolute Gasteiger partial charge is 0.366 e. The van der Waals surface area contributed by atoms with Crippen molar-refractivity contribution < 1.29 is 9.59 Å². The highest BCUT2D eigenvalue weighted by Gasteiger charge is 2.08. The van der Waals surface area contributed by atoms with Gasteiger partial charge in [0, 0.05) is 23.7 Å². The van der Waals surface area contributed by atoms with Gasteiger partial charge in [-0.1, -0.05) is 6.07 Å². The summed E-state index contributed by atoms with van der Waals surface area (Å²) < 4.78 is 0. The van der Waals surface area contributed by atoms with Crippen molar-refractivity contribution in [3.05, 3.63) is 29.3 Å². The number of aryl methyl sites for hydroxylation is 1. The smallest absolute Gasteiger partial charge is 0.248 e. The molecule has 0 saturated heterocycles. The molecule has 1 aromatic carbocycles. The molecule has 5 N–H and O–H groups in total. The third-order valence-corrected chi connectivity index (χ3v) is 2.62. The Balaban J connectivity index is 2.74. The Hall–Kier alpha value is -1.88. The van der Waals surface area contributed by atoms with Crippen LogP contribution in [0.2, 0.25) is 0 Å². The normalized spacial score (nSPS) is 11.9. The van der Waals surface area contributed by atoms with Gasteiger partial charge in [-0.3, -0.25) is 9.59 Å². The number of nitrogens with one attached hydrogen (secondary N) is 1. The monoisotopic (exact) mass is 249 g/mol. The molecule has 0 aliphatic rings. The van der Waals surface area contributed by atoms with E-state index in [1.54, 1.807) is 18.2 Å². The molecule has 2 amide bonds. The van der Waals surface area contributed by atoms with Gasteiger partial charge in [0.15, 0.2) is 0 Å². The van der Waals surface area contributed by atoms with Gasteiger partial charge >= 0.3 is 0 Å². The van der Waals surface area contributed by atoms with Crippen LogP contribution in [0.25, 0.3) is 0 Å². The number of amides is 2. The zero-order valence-corrected chi connectivity index (χ0v) is 10.7. The molecule has 5 nitrogen and oxygen atoms in total. The summed E-state index contributed by atoms with van der Waals surface area (Å²) >= 11 is 0. The van der Waals surface area contributed by atoms with Crippen molar-refractivity contribution in [3.63, 3.8) is 0 Å². The van der Waals surface area contributed by atoms with Gasteiger partial charge in [0.25, 0.3) is 0 Å². The molecule has 0 aromatic heterocycles. The quantitative estimate of drug-likeness (QED) is 0.730. The van der Waals surface area contributed by atoms with Gasteiger partial charge in [-0.25, -0.2) is 0 Å². The number of primary amides is 1. The van der Waals surface area contributed by atoms with Crippen molar-refractivity contribution in [2.24, 2.45) is 11.5 Å². The van der Waals surface area contributed by atoms with E-state index in [1.807, 2.05) is 13.8 Å². The first-order valence-corrected chi connectivity index (χ1v) is 5.86. The third kappa shape index (κ3) is 4.18. The Morgan fingerprint density at radius 3 is 2.61 bits per heavy atom. The molecule has 0 fully saturated rings. The summed E-state index contributed by atoms with van der Waals surface area (Å²) in [4.78, 5) is 22.7. The van der Waals surface area contributed by atoms with Crippen molar-refractivity contribution in [3.8, 4) is 0 Å². The highest BCUT2D eigenvalue weighted by Crippen LogP contribution is 2.17. The van der Waals surface area contributed by atoms with E-state index in [1.165, 1.54) is 0 Å². The zero-order chi connectivity index (χ0) is 13.7. The van der Waals surface area contributed by atoms with E-state index in [0.717, 1.165) is 5.56 Å². The Bertz CT molecular complexity index is 456. The molecule has 1 rings (SSSR count). The van der Waals surface area contributed by atoms with Crippen LogP contribution in [-0.2, 0) is 4.79 Å². The molecule has 0 aliphatic heterocycles. The Labute approximate surface area is 107 Å². The predicted octanol–water partition coefficient (Wildman–Crippen LogP) is 1.16. The van der Waals surface area contributed by atoms with Crippen molar-refractivity contribution in [1.82, 2.24) is 0 Å². The lowest BCUT2D eigenvalue weighted by Crippen LogP contribution is -2.20. The fourth-order valence-corrected chi connectivity index (χ4v) is 1.48. The molecule has 18 heavy (non-hydrogen) atoms. The topological polar surface area (TPSA) is 98.2 Å². The molecule has 5 heteroatoms. The van der Waals surface area contributed by atoms with E-state index < -0.39 is 5.91 Å². The first-order valence-electron chi connectivity index (χ1n) is 5.86. The second kappa shape index (κ2) is 6.16. The van der Waals surface area contributed by atoms with E-state index >= 15 is 0 Å². The highest BCUT2D eigenvalue weighted by molar-refractivity contribution is 5.96. The zero-order valence-electron chi connectivity index (χ0n) is 10.7. The van der Waals surface area contributed by atoms with Crippen LogP contribution >= 0.6 is 0 Å². The van der Waals surface area contributed by atoms with Crippen LogP contribution < -0.4 is 16.8 Å². The Kier molecular flexibility index (Phi) is 4.85. The summed E-state index contributed by atoms with van der Waals surface area (Å²) in [6, 6.07) is 4.96. The number of benzene rings is 1. The van der Waals surface area contributed by atoms with Gasteiger partial charge in [0.1, 0.15) is 0 Å². The van der Waals surface area contributed by atoms with Crippen molar-refractivity contribution in [2.75, 3.05) is 5.32 Å². The lowest BCUT2D eigenvalue weighted by Gasteiger charge is -2.10. The number of rotatable bonds is 5. The molecule has 0 bridgehead atoms. The number of hydrogen-bond donors (Lipinski definition) is 3. The first-order chi connectivity index (χ1) is 8.40. The SMILES string of the molecule is Cc1ccc(C(N)=O)cc1NC(=O)CCC(C)N. The van der Waals surface area contributed by atoms with Crippen molar-refractivity contribution in [2.45, 2.75) is 32.7 Å². The van der Waals surface area contributed by atoms with E-state index in [2.05, 4.69) is 5.32 Å². The minimum absolute atomic E-state index is 0.00574. The summed E-state index contributed by atoms with van der Waals surface area (Å²) in [5.74, 6) is -0.627. The van der Waals surface area contributed by atoms with E-state index in [0.29, 0.717) is 24.1 Å². The average molecular weight is 249 g/mol. The standard InChI is InChI=1S/C13H19N3O2/c1-8-3-5-10(13(15)18)7-11(8)16-12(17)6-4-9(2)14/h3,5,7,9H,4,6,14H2,1-2H3,(H2,15,18)(H,16,17). The summed E-state index contributed by atoms with van der Waals surface area (Å²) in [7, 11) is 0. The van der Waals surface area contributed by atoms with Gasteiger partial charge < -0.3 is 16.8 Å². The molecule has 1 unspecified atom stereocenters. The van der Waals surface area contributed by atoms with Crippen molar-refractivity contribution in [1.29, 1.82) is 0 Å². The van der Waals surface area contributed by atoms with Crippen LogP contribution in [0.1, 0.15) is 35.7 Å². The van der Waals surface area contributed by atoms with Gasteiger partial charge in [-0.15, -0.1) is 0 Å². The summed E-state index contributed by atoms with van der Waals surface area (Å²) in [6.07, 6.45) is 0.984. The van der Waals surface area contributed by atoms with Gasteiger partial charge in [0.05, 0.1) is 0 Å². The molecule has 0 spiro atoms. The second-order valence-electron chi connectivity index (χ2n) is 4.46. The van der Waals surface area contributed by atoms with E-state index in [4.69, 9.17) is 11.5 Å². The fourth-order valence-electron chi connectivity index (χ4n) is 1.48. The minimum atomic E-state index is -0.513. The molecular formula is C13H19N3O2. The molecular weight excluding hydrogens is 230 g/mol.